The largest absolute Gasteiger partial charge is 0.353 e. The molecule has 0 radical (unpaired) electrons. The molecule has 7 heteroatoms. The van der Waals surface area contributed by atoms with Crippen LogP contribution in [0.25, 0.3) is 22.0 Å². The van der Waals surface area contributed by atoms with E-state index in [1.54, 1.807) is 0 Å². The number of anilines is 1. The SMILES string of the molecule is Cc1ccc(C(=O)NC2CC2)cc1-c1ccc2nc(NCCN3CCN(C)CC3)ncc2c1. The van der Waals surface area contributed by atoms with Crippen LogP contribution in [0, 0.1) is 6.92 Å². The fraction of sp³-hybridized carbons (Fsp3) is 0.423. The van der Waals surface area contributed by atoms with E-state index in [4.69, 9.17) is 4.98 Å². The Kier molecular flexibility index (Phi) is 6.24. The van der Waals surface area contributed by atoms with Crippen molar-refractivity contribution in [3.63, 3.8) is 0 Å². The van der Waals surface area contributed by atoms with Crippen molar-refractivity contribution in [1.82, 2.24) is 25.1 Å². The Morgan fingerprint density at radius 3 is 2.70 bits per heavy atom. The molecule has 2 heterocycles. The van der Waals surface area contributed by atoms with Crippen molar-refractivity contribution in [1.29, 1.82) is 0 Å². The monoisotopic (exact) mass is 444 g/mol. The maximum Gasteiger partial charge on any atom is 0.251 e. The number of nitrogens with one attached hydrogen (secondary N) is 2. The van der Waals surface area contributed by atoms with Gasteiger partial charge in [0.15, 0.2) is 0 Å². The quantitative estimate of drug-likeness (QED) is 0.583. The summed E-state index contributed by atoms with van der Waals surface area (Å²) in [4.78, 5) is 26.6. The molecule has 2 aromatic carbocycles. The molecule has 0 bridgehead atoms. The van der Waals surface area contributed by atoms with Gasteiger partial charge in [0.2, 0.25) is 5.95 Å². The number of likely N-dealkylation sites (N-methyl/N-ethyl adjacent to an activating group) is 1. The van der Waals surface area contributed by atoms with E-state index >= 15 is 0 Å². The number of amides is 1. The third kappa shape index (κ3) is 5.31. The molecular weight excluding hydrogens is 412 g/mol. The minimum Gasteiger partial charge on any atom is -0.353 e. The van der Waals surface area contributed by atoms with Gasteiger partial charge in [-0.1, -0.05) is 12.1 Å². The van der Waals surface area contributed by atoms with E-state index in [1.807, 2.05) is 30.5 Å². The molecule has 1 aromatic heterocycles. The van der Waals surface area contributed by atoms with E-state index in [2.05, 4.69) is 51.5 Å². The van der Waals surface area contributed by atoms with Crippen LogP contribution in [0.2, 0.25) is 0 Å². The first-order chi connectivity index (χ1) is 16.0. The molecule has 2 N–H and O–H groups in total. The molecular formula is C26H32N6O. The lowest BCUT2D eigenvalue weighted by Gasteiger charge is -2.32. The zero-order valence-electron chi connectivity index (χ0n) is 19.5. The van der Waals surface area contributed by atoms with Crippen molar-refractivity contribution >= 4 is 22.8 Å². The molecule has 172 valence electrons. The number of piperazine rings is 1. The Hall–Kier alpha value is -3.03. The van der Waals surface area contributed by atoms with Crippen molar-refractivity contribution in [2.45, 2.75) is 25.8 Å². The zero-order valence-corrected chi connectivity index (χ0v) is 19.5. The van der Waals surface area contributed by atoms with Gasteiger partial charge in [-0.05, 0) is 67.8 Å². The molecule has 2 aliphatic rings. The number of hydrogen-bond acceptors (Lipinski definition) is 6. The fourth-order valence-corrected chi connectivity index (χ4v) is 4.25. The van der Waals surface area contributed by atoms with Crippen LogP contribution in [0.5, 0.6) is 0 Å². The molecule has 0 spiro atoms. The number of carbonyl (C=O) groups excluding carboxylic acids is 1. The molecule has 1 aliphatic heterocycles. The molecule has 3 aromatic rings. The lowest BCUT2D eigenvalue weighted by atomic mass is 9.97. The molecule has 1 aliphatic carbocycles. The Bertz CT molecular complexity index is 1150. The van der Waals surface area contributed by atoms with Gasteiger partial charge >= 0.3 is 0 Å². The molecule has 1 saturated carbocycles. The predicted molar refractivity (Wildman–Crippen MR) is 133 cm³/mol. The van der Waals surface area contributed by atoms with Gasteiger partial charge in [0.25, 0.3) is 5.91 Å². The summed E-state index contributed by atoms with van der Waals surface area (Å²) in [6.07, 6.45) is 4.05. The van der Waals surface area contributed by atoms with Crippen LogP contribution in [0.3, 0.4) is 0 Å². The minimum atomic E-state index is 0.00941. The lowest BCUT2D eigenvalue weighted by Crippen LogP contribution is -2.45. The molecule has 0 unspecified atom stereocenters. The van der Waals surface area contributed by atoms with Crippen LogP contribution in [0.1, 0.15) is 28.8 Å². The summed E-state index contributed by atoms with van der Waals surface area (Å²) >= 11 is 0. The van der Waals surface area contributed by atoms with Gasteiger partial charge in [0, 0.05) is 62.5 Å². The normalized spacial score (nSPS) is 17.3. The number of fused-ring (bicyclic) bond motifs is 1. The molecule has 7 nitrogen and oxygen atoms in total. The smallest absolute Gasteiger partial charge is 0.251 e. The zero-order chi connectivity index (χ0) is 22.8. The number of aromatic nitrogens is 2. The van der Waals surface area contributed by atoms with Gasteiger partial charge < -0.3 is 15.5 Å². The third-order valence-electron chi connectivity index (χ3n) is 6.61. The Balaban J connectivity index is 1.27. The van der Waals surface area contributed by atoms with Crippen LogP contribution in [-0.2, 0) is 0 Å². The lowest BCUT2D eigenvalue weighted by molar-refractivity contribution is 0.0951. The Labute approximate surface area is 195 Å². The van der Waals surface area contributed by atoms with Gasteiger partial charge in [-0.25, -0.2) is 9.97 Å². The van der Waals surface area contributed by atoms with Gasteiger partial charge in [-0.3, -0.25) is 9.69 Å². The van der Waals surface area contributed by atoms with Crippen LogP contribution in [0.4, 0.5) is 5.95 Å². The first-order valence-corrected chi connectivity index (χ1v) is 11.9. The summed E-state index contributed by atoms with van der Waals surface area (Å²) in [7, 11) is 2.17. The van der Waals surface area contributed by atoms with Crippen LogP contribution in [0.15, 0.2) is 42.6 Å². The second kappa shape index (κ2) is 9.45. The fourth-order valence-electron chi connectivity index (χ4n) is 4.25. The predicted octanol–water partition coefficient (Wildman–Crippen LogP) is 3.16. The van der Waals surface area contributed by atoms with E-state index in [0.29, 0.717) is 17.6 Å². The van der Waals surface area contributed by atoms with Crippen molar-refractivity contribution < 1.29 is 4.79 Å². The molecule has 1 amide bonds. The molecule has 5 rings (SSSR count). The van der Waals surface area contributed by atoms with Gasteiger partial charge in [0.05, 0.1) is 5.52 Å². The summed E-state index contributed by atoms with van der Waals surface area (Å²) in [6, 6.07) is 12.5. The Morgan fingerprint density at radius 1 is 1.09 bits per heavy atom. The van der Waals surface area contributed by atoms with E-state index in [9.17, 15) is 4.79 Å². The number of hydrogen-bond donors (Lipinski definition) is 2. The molecule has 33 heavy (non-hydrogen) atoms. The second-order valence-corrected chi connectivity index (χ2v) is 9.32. The molecule has 1 saturated heterocycles. The standard InChI is InChI=1S/C26H32N6O/c1-18-3-4-20(25(33)29-22-6-7-22)16-23(18)19-5-8-24-21(15-19)17-28-26(30-24)27-9-10-32-13-11-31(2)12-14-32/h3-5,8,15-17,22H,6-7,9-14H2,1-2H3,(H,29,33)(H,27,28,30). The number of nitrogens with zero attached hydrogens (tertiary/aromatic N) is 4. The maximum absolute atomic E-state index is 12.5. The highest BCUT2D eigenvalue weighted by atomic mass is 16.1. The van der Waals surface area contributed by atoms with Crippen molar-refractivity contribution in [2.75, 3.05) is 51.6 Å². The van der Waals surface area contributed by atoms with E-state index in [1.165, 1.54) is 0 Å². The highest BCUT2D eigenvalue weighted by Gasteiger charge is 2.24. The van der Waals surface area contributed by atoms with Crippen molar-refractivity contribution in [3.05, 3.63) is 53.7 Å². The highest BCUT2D eigenvalue weighted by Crippen LogP contribution is 2.28. The first kappa shape index (κ1) is 21.8. The summed E-state index contributed by atoms with van der Waals surface area (Å²) in [5, 5.41) is 7.43. The highest BCUT2D eigenvalue weighted by molar-refractivity contribution is 5.96. The van der Waals surface area contributed by atoms with Crippen LogP contribution >= 0.6 is 0 Å². The molecule has 2 fully saturated rings. The summed E-state index contributed by atoms with van der Waals surface area (Å²) in [5.74, 6) is 0.675. The summed E-state index contributed by atoms with van der Waals surface area (Å²) < 4.78 is 0. The van der Waals surface area contributed by atoms with Gasteiger partial charge in [-0.15, -0.1) is 0 Å². The summed E-state index contributed by atoms with van der Waals surface area (Å²) in [5.41, 5.74) is 4.89. The third-order valence-corrected chi connectivity index (χ3v) is 6.61. The average Bonchev–Trinajstić information content (AvgIpc) is 3.64. The second-order valence-electron chi connectivity index (χ2n) is 9.32. The number of rotatable bonds is 7. The Morgan fingerprint density at radius 2 is 1.91 bits per heavy atom. The number of aryl methyl sites for hydroxylation is 1. The van der Waals surface area contributed by atoms with E-state index < -0.39 is 0 Å². The summed E-state index contributed by atoms with van der Waals surface area (Å²) in [6.45, 7) is 8.39. The van der Waals surface area contributed by atoms with Crippen LogP contribution in [-0.4, -0.2) is 78.0 Å². The van der Waals surface area contributed by atoms with Crippen molar-refractivity contribution in [2.24, 2.45) is 0 Å². The van der Waals surface area contributed by atoms with Gasteiger partial charge in [-0.2, -0.15) is 0 Å². The molecule has 0 atom stereocenters. The number of carbonyl (C=O) groups is 1. The first-order valence-electron chi connectivity index (χ1n) is 11.9. The van der Waals surface area contributed by atoms with E-state index in [0.717, 1.165) is 79.7 Å². The van der Waals surface area contributed by atoms with Crippen LogP contribution < -0.4 is 10.6 Å². The van der Waals surface area contributed by atoms with Crippen molar-refractivity contribution in [3.8, 4) is 11.1 Å². The maximum atomic E-state index is 12.5. The van der Waals surface area contributed by atoms with E-state index in [-0.39, 0.29) is 5.91 Å². The average molecular weight is 445 g/mol. The topological polar surface area (TPSA) is 73.4 Å². The van der Waals surface area contributed by atoms with Gasteiger partial charge in [0.1, 0.15) is 0 Å². The minimum absolute atomic E-state index is 0.00941. The number of benzene rings is 2.